The Labute approximate surface area is 143 Å². The van der Waals surface area contributed by atoms with Crippen molar-refractivity contribution in [1.82, 2.24) is 15.0 Å². The minimum Gasteiger partial charge on any atom is -0.485 e. The molecule has 2 fully saturated rings. The number of fused-ring (bicyclic) bond motifs is 1. The minimum absolute atomic E-state index is 0.345. The van der Waals surface area contributed by atoms with Crippen molar-refractivity contribution in [1.29, 1.82) is 0 Å². The molecule has 1 aromatic carbocycles. The van der Waals surface area contributed by atoms with Gasteiger partial charge in [0.15, 0.2) is 6.61 Å². The third kappa shape index (κ3) is 3.78. The molecular formula is C19H25N3O2. The molecule has 4 rings (SSSR count). The Morgan fingerprint density at radius 3 is 2.79 bits per heavy atom. The first-order valence-corrected chi connectivity index (χ1v) is 9.08. The molecule has 24 heavy (non-hydrogen) atoms. The predicted octanol–water partition coefficient (Wildman–Crippen LogP) is 3.66. The van der Waals surface area contributed by atoms with Crippen molar-refractivity contribution in [3.8, 4) is 5.75 Å². The minimum atomic E-state index is 0.345. The summed E-state index contributed by atoms with van der Waals surface area (Å²) in [4.78, 5) is 6.95. The van der Waals surface area contributed by atoms with Gasteiger partial charge in [0.25, 0.3) is 0 Å². The summed E-state index contributed by atoms with van der Waals surface area (Å²) < 4.78 is 11.1. The van der Waals surface area contributed by atoms with Crippen LogP contribution >= 0.6 is 0 Å². The van der Waals surface area contributed by atoms with E-state index in [2.05, 4.69) is 15.0 Å². The van der Waals surface area contributed by atoms with Gasteiger partial charge in [-0.15, -0.1) is 0 Å². The number of benzene rings is 1. The Hall–Kier alpha value is -1.88. The molecule has 1 aliphatic heterocycles. The number of rotatable bonds is 5. The molecule has 0 unspecified atom stereocenters. The van der Waals surface area contributed by atoms with Gasteiger partial charge in [0.05, 0.1) is 6.54 Å². The molecule has 5 heteroatoms. The Balaban J connectivity index is 1.29. The maximum Gasteiger partial charge on any atom is 0.240 e. The van der Waals surface area contributed by atoms with E-state index in [9.17, 15) is 0 Å². The molecule has 1 saturated heterocycles. The first kappa shape index (κ1) is 15.6. The SMILES string of the molecule is c1ccc(OCc2noc(CN3CC[C@@H]4CCCC[C@H]4C3)n2)cc1. The summed E-state index contributed by atoms with van der Waals surface area (Å²) in [5.74, 6) is 3.96. The van der Waals surface area contributed by atoms with E-state index in [-0.39, 0.29) is 0 Å². The zero-order chi connectivity index (χ0) is 16.2. The molecule has 2 aliphatic rings. The fraction of sp³-hybridized carbons (Fsp3) is 0.579. The number of nitrogens with zero attached hydrogens (tertiary/aromatic N) is 3. The van der Waals surface area contributed by atoms with Crippen LogP contribution in [-0.4, -0.2) is 28.1 Å². The van der Waals surface area contributed by atoms with Crippen molar-refractivity contribution >= 4 is 0 Å². The summed E-state index contributed by atoms with van der Waals surface area (Å²) in [5, 5.41) is 4.04. The topological polar surface area (TPSA) is 51.4 Å². The van der Waals surface area contributed by atoms with Gasteiger partial charge in [-0.1, -0.05) is 42.6 Å². The highest BCUT2D eigenvalue weighted by Gasteiger charge is 2.31. The van der Waals surface area contributed by atoms with Crippen molar-refractivity contribution in [2.45, 2.75) is 45.3 Å². The molecule has 1 saturated carbocycles. The van der Waals surface area contributed by atoms with E-state index in [1.54, 1.807) is 0 Å². The molecule has 0 N–H and O–H groups in total. The summed E-state index contributed by atoms with van der Waals surface area (Å²) in [6.07, 6.45) is 6.97. The van der Waals surface area contributed by atoms with Crippen LogP contribution in [0.25, 0.3) is 0 Å². The lowest BCUT2D eigenvalue weighted by molar-refractivity contribution is 0.0746. The maximum absolute atomic E-state index is 5.67. The molecule has 2 atom stereocenters. The number of likely N-dealkylation sites (tertiary alicyclic amines) is 1. The molecule has 128 valence electrons. The van der Waals surface area contributed by atoms with Crippen LogP contribution in [0.2, 0.25) is 0 Å². The van der Waals surface area contributed by atoms with Crippen LogP contribution in [0.3, 0.4) is 0 Å². The standard InChI is InChI=1S/C19H25N3O2/c1-2-8-17(9-3-1)23-14-18-20-19(24-21-18)13-22-11-10-15-6-4-5-7-16(15)12-22/h1-3,8-9,15-16H,4-7,10-14H2/t15-,16-/m0/s1. The summed E-state index contributed by atoms with van der Waals surface area (Å²) in [5.41, 5.74) is 0. The molecular weight excluding hydrogens is 302 g/mol. The van der Waals surface area contributed by atoms with Crippen LogP contribution in [0.1, 0.15) is 43.8 Å². The smallest absolute Gasteiger partial charge is 0.240 e. The largest absolute Gasteiger partial charge is 0.485 e. The highest BCUT2D eigenvalue weighted by atomic mass is 16.5. The number of para-hydroxylation sites is 1. The second-order valence-electron chi connectivity index (χ2n) is 7.03. The fourth-order valence-corrected chi connectivity index (χ4v) is 4.09. The van der Waals surface area contributed by atoms with Gasteiger partial charge in [0.1, 0.15) is 5.75 Å². The number of hydrogen-bond donors (Lipinski definition) is 0. The highest BCUT2D eigenvalue weighted by molar-refractivity contribution is 5.20. The zero-order valence-electron chi connectivity index (χ0n) is 14.1. The van der Waals surface area contributed by atoms with Crippen LogP contribution in [0.4, 0.5) is 0 Å². The average Bonchev–Trinajstić information content (AvgIpc) is 3.08. The van der Waals surface area contributed by atoms with Gasteiger partial charge < -0.3 is 9.26 Å². The van der Waals surface area contributed by atoms with Crippen molar-refractivity contribution in [3.05, 3.63) is 42.0 Å². The molecule has 0 spiro atoms. The normalized spacial score (nSPS) is 24.5. The van der Waals surface area contributed by atoms with E-state index >= 15 is 0 Å². The maximum atomic E-state index is 5.67. The van der Waals surface area contributed by atoms with Crippen LogP contribution in [0.5, 0.6) is 5.75 Å². The summed E-state index contributed by atoms with van der Waals surface area (Å²) >= 11 is 0. The first-order chi connectivity index (χ1) is 11.9. The van der Waals surface area contributed by atoms with Gasteiger partial charge in [-0.2, -0.15) is 4.98 Å². The number of piperidine rings is 1. The summed E-state index contributed by atoms with van der Waals surface area (Å²) in [6, 6.07) is 9.72. The first-order valence-electron chi connectivity index (χ1n) is 9.08. The van der Waals surface area contributed by atoms with Gasteiger partial charge in [-0.05, 0) is 43.4 Å². The predicted molar refractivity (Wildman–Crippen MR) is 90.4 cm³/mol. The van der Waals surface area contributed by atoms with Gasteiger partial charge in [-0.25, -0.2) is 0 Å². The Morgan fingerprint density at radius 1 is 1.08 bits per heavy atom. The van der Waals surface area contributed by atoms with Gasteiger partial charge in [0.2, 0.25) is 11.7 Å². The monoisotopic (exact) mass is 327 g/mol. The lowest BCUT2D eigenvalue weighted by Gasteiger charge is -2.40. The number of ether oxygens (including phenoxy) is 1. The third-order valence-electron chi connectivity index (χ3n) is 5.36. The van der Waals surface area contributed by atoms with Gasteiger partial charge in [0, 0.05) is 6.54 Å². The third-order valence-corrected chi connectivity index (χ3v) is 5.36. The van der Waals surface area contributed by atoms with E-state index in [0.717, 1.165) is 30.7 Å². The molecule has 1 aliphatic carbocycles. The second kappa shape index (κ2) is 7.34. The van der Waals surface area contributed by atoms with Crippen LogP contribution in [0.15, 0.2) is 34.9 Å². The van der Waals surface area contributed by atoms with Crippen LogP contribution in [-0.2, 0) is 13.2 Å². The fourth-order valence-electron chi connectivity index (χ4n) is 4.09. The zero-order valence-corrected chi connectivity index (χ0v) is 14.1. The molecule has 2 heterocycles. The van der Waals surface area contributed by atoms with E-state index in [0.29, 0.717) is 18.3 Å². The quantitative estimate of drug-likeness (QED) is 0.839. The number of aromatic nitrogens is 2. The van der Waals surface area contributed by atoms with Crippen LogP contribution in [0, 0.1) is 11.8 Å². The van der Waals surface area contributed by atoms with E-state index in [1.807, 2.05) is 30.3 Å². The Morgan fingerprint density at radius 2 is 1.92 bits per heavy atom. The van der Waals surface area contributed by atoms with E-state index in [4.69, 9.17) is 9.26 Å². The van der Waals surface area contributed by atoms with E-state index < -0.39 is 0 Å². The Bertz CT molecular complexity index is 643. The summed E-state index contributed by atoms with van der Waals surface area (Å²) in [6.45, 7) is 3.45. The van der Waals surface area contributed by atoms with Crippen molar-refractivity contribution in [2.75, 3.05) is 13.1 Å². The lowest BCUT2D eigenvalue weighted by Crippen LogP contribution is -2.41. The Kier molecular flexibility index (Phi) is 4.78. The average molecular weight is 327 g/mol. The number of hydrogen-bond acceptors (Lipinski definition) is 5. The molecule has 2 aromatic rings. The van der Waals surface area contributed by atoms with Gasteiger partial charge in [-0.3, -0.25) is 4.90 Å². The van der Waals surface area contributed by atoms with Crippen molar-refractivity contribution in [3.63, 3.8) is 0 Å². The molecule has 0 bridgehead atoms. The van der Waals surface area contributed by atoms with Crippen molar-refractivity contribution < 1.29 is 9.26 Å². The van der Waals surface area contributed by atoms with Crippen LogP contribution < -0.4 is 4.74 Å². The molecule has 0 radical (unpaired) electrons. The molecule has 1 aromatic heterocycles. The van der Waals surface area contributed by atoms with E-state index in [1.165, 1.54) is 38.6 Å². The summed E-state index contributed by atoms with van der Waals surface area (Å²) in [7, 11) is 0. The second-order valence-corrected chi connectivity index (χ2v) is 7.03. The lowest BCUT2D eigenvalue weighted by atomic mass is 9.75. The van der Waals surface area contributed by atoms with Crippen molar-refractivity contribution in [2.24, 2.45) is 11.8 Å². The molecule has 0 amide bonds. The highest BCUT2D eigenvalue weighted by Crippen LogP contribution is 2.36. The molecule has 5 nitrogen and oxygen atoms in total. The van der Waals surface area contributed by atoms with Gasteiger partial charge >= 0.3 is 0 Å².